The summed E-state index contributed by atoms with van der Waals surface area (Å²) in [6, 6.07) is 85.4. The molecule has 2 heterocycles. The topological polar surface area (TPSA) is 9.86 Å². The summed E-state index contributed by atoms with van der Waals surface area (Å²) in [5, 5.41) is 10.4. The Hall–Kier alpha value is -7.20. The van der Waals surface area contributed by atoms with E-state index in [2.05, 4.69) is 240 Å². The van der Waals surface area contributed by atoms with Gasteiger partial charge in [-0.05, 0) is 62.7 Å². The molecule has 2 nitrogen and oxygen atoms in total. The largest absolute Gasteiger partial charge is 0.309 e. The molecule has 268 valence electrons. The molecule has 0 N–H and O–H groups in total. The van der Waals surface area contributed by atoms with Gasteiger partial charge in [0, 0.05) is 38.5 Å². The van der Waals surface area contributed by atoms with Crippen LogP contribution < -0.4 is 20.7 Å². The summed E-state index contributed by atoms with van der Waals surface area (Å²) in [6.45, 7) is 0. The fourth-order valence-corrected chi connectivity index (χ4v) is 14.5. The first kappa shape index (κ1) is 33.2. The van der Waals surface area contributed by atoms with Crippen LogP contribution in [-0.4, -0.2) is 17.2 Å². The highest BCUT2D eigenvalue weighted by Crippen LogP contribution is 2.40. The molecule has 0 aliphatic heterocycles. The van der Waals surface area contributed by atoms with Gasteiger partial charge in [0.2, 0.25) is 0 Å². The van der Waals surface area contributed by atoms with E-state index in [1.165, 1.54) is 75.5 Å². The number of nitrogens with zero attached hydrogens (tertiary/aromatic N) is 2. The van der Waals surface area contributed by atoms with Gasteiger partial charge in [0.1, 0.15) is 0 Å². The normalized spacial score (nSPS) is 11.9. The SMILES string of the molecule is c1ccc(-c2c([Si](c3ccccc3)(c3ccccc3)c3ccccc3)ccc3c4ccccc4n(-c4ccc5c6ccccc6n(-c6ccccc6)c5c4)c23)cc1. The van der Waals surface area contributed by atoms with E-state index >= 15 is 0 Å². The maximum atomic E-state index is 2.54. The molecule has 0 amide bonds. The second-order valence-corrected chi connectivity index (χ2v) is 18.6. The lowest BCUT2D eigenvalue weighted by Crippen LogP contribution is -2.75. The minimum atomic E-state index is -2.95. The van der Waals surface area contributed by atoms with Crippen molar-refractivity contribution in [3.63, 3.8) is 0 Å². The van der Waals surface area contributed by atoms with Crippen molar-refractivity contribution in [2.24, 2.45) is 0 Å². The van der Waals surface area contributed by atoms with Crippen LogP contribution in [0, 0.1) is 0 Å². The Morgan fingerprint density at radius 2 is 0.737 bits per heavy atom. The molecule has 0 atom stereocenters. The zero-order chi connectivity index (χ0) is 37.8. The maximum Gasteiger partial charge on any atom is 0.180 e. The average Bonchev–Trinajstić information content (AvgIpc) is 3.81. The van der Waals surface area contributed by atoms with Crippen molar-refractivity contribution in [3.8, 4) is 22.5 Å². The lowest BCUT2D eigenvalue weighted by atomic mass is 10.0. The van der Waals surface area contributed by atoms with Crippen molar-refractivity contribution >= 4 is 72.4 Å². The van der Waals surface area contributed by atoms with Gasteiger partial charge in [-0.2, -0.15) is 0 Å². The number of para-hydroxylation sites is 3. The first-order chi connectivity index (χ1) is 28.3. The van der Waals surface area contributed by atoms with Gasteiger partial charge in [-0.1, -0.05) is 194 Å². The van der Waals surface area contributed by atoms with Crippen molar-refractivity contribution in [3.05, 3.63) is 231 Å². The van der Waals surface area contributed by atoms with Gasteiger partial charge in [-0.25, -0.2) is 0 Å². The summed E-state index contributed by atoms with van der Waals surface area (Å²) in [4.78, 5) is 0. The molecular formula is C54H38N2Si. The van der Waals surface area contributed by atoms with E-state index in [4.69, 9.17) is 0 Å². The molecule has 0 saturated heterocycles. The lowest BCUT2D eigenvalue weighted by Gasteiger charge is -2.36. The van der Waals surface area contributed by atoms with Crippen LogP contribution in [0.1, 0.15) is 0 Å². The van der Waals surface area contributed by atoms with Crippen LogP contribution in [0.25, 0.3) is 66.1 Å². The van der Waals surface area contributed by atoms with Crippen LogP contribution in [0.3, 0.4) is 0 Å². The monoisotopic (exact) mass is 742 g/mol. The number of hydrogen-bond acceptors (Lipinski definition) is 0. The van der Waals surface area contributed by atoms with Crippen molar-refractivity contribution < 1.29 is 0 Å². The van der Waals surface area contributed by atoms with Gasteiger partial charge < -0.3 is 9.13 Å². The van der Waals surface area contributed by atoms with E-state index < -0.39 is 8.07 Å². The molecular weight excluding hydrogens is 705 g/mol. The molecule has 9 aromatic carbocycles. The van der Waals surface area contributed by atoms with E-state index in [1.807, 2.05) is 0 Å². The van der Waals surface area contributed by atoms with Crippen LogP contribution in [0.5, 0.6) is 0 Å². The van der Waals surface area contributed by atoms with E-state index in [9.17, 15) is 0 Å². The molecule has 0 spiro atoms. The summed E-state index contributed by atoms with van der Waals surface area (Å²) in [5.74, 6) is 0. The number of hydrogen-bond donors (Lipinski definition) is 0. The molecule has 0 aliphatic carbocycles. The second kappa shape index (κ2) is 13.5. The van der Waals surface area contributed by atoms with E-state index in [1.54, 1.807) is 0 Å². The van der Waals surface area contributed by atoms with Gasteiger partial charge in [0.25, 0.3) is 0 Å². The minimum Gasteiger partial charge on any atom is -0.309 e. The number of benzene rings is 9. The highest BCUT2D eigenvalue weighted by molar-refractivity contribution is 7.20. The Labute approximate surface area is 333 Å². The highest BCUT2D eigenvalue weighted by atomic mass is 28.3. The van der Waals surface area contributed by atoms with E-state index in [0.29, 0.717) is 0 Å². The van der Waals surface area contributed by atoms with Crippen LogP contribution in [0.15, 0.2) is 231 Å². The molecule has 0 saturated carbocycles. The molecule has 3 heteroatoms. The van der Waals surface area contributed by atoms with Crippen LogP contribution in [-0.2, 0) is 0 Å². The Bertz CT molecular complexity index is 3110. The fourth-order valence-electron chi connectivity index (χ4n) is 9.52. The summed E-state index contributed by atoms with van der Waals surface area (Å²) < 4.78 is 4.97. The van der Waals surface area contributed by atoms with Crippen molar-refractivity contribution in [2.45, 2.75) is 0 Å². The Kier molecular flexibility index (Phi) is 7.87. The lowest BCUT2D eigenvalue weighted by molar-refractivity contribution is 1.16. The Morgan fingerprint density at radius 1 is 0.298 bits per heavy atom. The molecule has 11 aromatic rings. The minimum absolute atomic E-state index is 1.13. The zero-order valence-corrected chi connectivity index (χ0v) is 32.3. The average molecular weight is 743 g/mol. The second-order valence-electron chi connectivity index (χ2n) is 14.8. The first-order valence-corrected chi connectivity index (χ1v) is 21.7. The van der Waals surface area contributed by atoms with Crippen molar-refractivity contribution in [1.29, 1.82) is 0 Å². The third-order valence-corrected chi connectivity index (χ3v) is 16.7. The van der Waals surface area contributed by atoms with Crippen LogP contribution in [0.4, 0.5) is 0 Å². The molecule has 0 radical (unpaired) electrons. The van der Waals surface area contributed by atoms with Gasteiger partial charge in [-0.15, -0.1) is 0 Å². The molecule has 0 aliphatic rings. The van der Waals surface area contributed by atoms with Crippen LogP contribution in [0.2, 0.25) is 0 Å². The zero-order valence-electron chi connectivity index (χ0n) is 31.3. The maximum absolute atomic E-state index is 2.95. The Balaban J connectivity index is 1.33. The summed E-state index contributed by atoms with van der Waals surface area (Å²) >= 11 is 0. The summed E-state index contributed by atoms with van der Waals surface area (Å²) in [5.41, 5.74) is 9.57. The summed E-state index contributed by atoms with van der Waals surface area (Å²) in [7, 11) is -2.95. The van der Waals surface area contributed by atoms with E-state index in [0.717, 1.165) is 11.4 Å². The van der Waals surface area contributed by atoms with Gasteiger partial charge >= 0.3 is 0 Å². The predicted molar refractivity (Wildman–Crippen MR) is 244 cm³/mol. The van der Waals surface area contributed by atoms with Gasteiger partial charge in [0.15, 0.2) is 8.07 Å². The predicted octanol–water partition coefficient (Wildman–Crippen LogP) is 10.9. The number of fused-ring (bicyclic) bond motifs is 6. The molecule has 2 aromatic heterocycles. The molecule has 0 unspecified atom stereocenters. The van der Waals surface area contributed by atoms with Crippen molar-refractivity contribution in [1.82, 2.24) is 9.13 Å². The third kappa shape index (κ3) is 5.10. The van der Waals surface area contributed by atoms with Crippen LogP contribution >= 0.6 is 0 Å². The number of aromatic nitrogens is 2. The van der Waals surface area contributed by atoms with Gasteiger partial charge in [0.05, 0.1) is 22.1 Å². The smallest absolute Gasteiger partial charge is 0.180 e. The first-order valence-electron chi connectivity index (χ1n) is 19.7. The molecule has 0 bridgehead atoms. The molecule has 57 heavy (non-hydrogen) atoms. The van der Waals surface area contributed by atoms with Gasteiger partial charge in [-0.3, -0.25) is 0 Å². The highest BCUT2D eigenvalue weighted by Gasteiger charge is 2.43. The van der Waals surface area contributed by atoms with Crippen molar-refractivity contribution in [2.75, 3.05) is 0 Å². The fraction of sp³-hybridized carbons (Fsp3) is 0. The molecule has 0 fully saturated rings. The van der Waals surface area contributed by atoms with E-state index in [-0.39, 0.29) is 0 Å². The third-order valence-electron chi connectivity index (χ3n) is 11.9. The standard InChI is InChI=1S/C54H38N2Si/c1-6-20-39(21-7-1)53-52(57(42-24-10-3-11-25-42,43-26-12-4-13-27-43)44-28-14-5-15-29-44)37-36-48-46-31-17-19-33-50(46)56(54(48)53)41-34-35-47-45-30-16-18-32-49(45)55(51(47)38-41)40-22-8-2-9-23-40/h1-38H. The molecule has 11 rings (SSSR count). The summed E-state index contributed by atoms with van der Waals surface area (Å²) in [6.07, 6.45) is 0. The number of rotatable bonds is 7. The quantitative estimate of drug-likeness (QED) is 0.114. The Morgan fingerprint density at radius 3 is 1.32 bits per heavy atom.